The Hall–Kier alpha value is -2.44. The lowest BCUT2D eigenvalue weighted by molar-refractivity contribution is 0.113. The summed E-state index contributed by atoms with van der Waals surface area (Å²) >= 11 is 1.81. The summed E-state index contributed by atoms with van der Waals surface area (Å²) in [5.74, 6) is 0. The highest BCUT2D eigenvalue weighted by Crippen LogP contribution is 2.51. The molecule has 3 heteroatoms. The summed E-state index contributed by atoms with van der Waals surface area (Å²) in [6.07, 6.45) is 7.22. The van der Waals surface area contributed by atoms with Crippen LogP contribution in [0.4, 0.5) is 0 Å². The number of benzene rings is 2. The standard InChI is InChI=1S/C23H19NOS/c24-14-15-3-1-4-16(11-15)17-5-6-18-20(12-17)26-21-13-23(8-2-9-23)10-7-19(21)22(18)25/h1,3-6,11-12H,2,7-10,13H2. The second-order valence-electron chi connectivity index (χ2n) is 7.77. The lowest BCUT2D eigenvalue weighted by Gasteiger charge is -2.45. The van der Waals surface area contributed by atoms with Crippen LogP contribution in [0.3, 0.4) is 0 Å². The molecule has 0 radical (unpaired) electrons. The molecule has 128 valence electrons. The summed E-state index contributed by atoms with van der Waals surface area (Å²) in [6.45, 7) is 0. The molecule has 0 N–H and O–H groups in total. The Bertz CT molecular complexity index is 1130. The monoisotopic (exact) mass is 357 g/mol. The number of nitriles is 1. The minimum absolute atomic E-state index is 0.236. The van der Waals surface area contributed by atoms with Crippen molar-refractivity contribution in [2.75, 3.05) is 0 Å². The number of nitrogens with zero attached hydrogens (tertiary/aromatic N) is 1. The Balaban J connectivity index is 1.64. The third kappa shape index (κ3) is 2.40. The van der Waals surface area contributed by atoms with Crippen molar-refractivity contribution in [3.05, 3.63) is 68.7 Å². The highest BCUT2D eigenvalue weighted by molar-refractivity contribution is 7.18. The summed E-state index contributed by atoms with van der Waals surface area (Å²) in [5, 5.41) is 9.98. The van der Waals surface area contributed by atoms with Gasteiger partial charge in [-0.25, -0.2) is 0 Å². The lowest BCUT2D eigenvalue weighted by Crippen LogP contribution is -2.36. The molecule has 1 heterocycles. The highest BCUT2D eigenvalue weighted by Gasteiger charge is 2.40. The van der Waals surface area contributed by atoms with Gasteiger partial charge in [0.1, 0.15) is 0 Å². The molecule has 3 aromatic rings. The van der Waals surface area contributed by atoms with Crippen LogP contribution in [0.25, 0.3) is 21.2 Å². The van der Waals surface area contributed by atoms with E-state index in [2.05, 4.69) is 12.1 Å². The van der Waals surface area contributed by atoms with E-state index in [9.17, 15) is 4.79 Å². The van der Waals surface area contributed by atoms with Crippen LogP contribution in [0.5, 0.6) is 0 Å². The second-order valence-corrected chi connectivity index (χ2v) is 8.90. The van der Waals surface area contributed by atoms with Crippen LogP contribution in [0.2, 0.25) is 0 Å². The number of rotatable bonds is 1. The maximum Gasteiger partial charge on any atom is 0.191 e. The second kappa shape index (κ2) is 5.79. The van der Waals surface area contributed by atoms with Gasteiger partial charge < -0.3 is 0 Å². The van der Waals surface area contributed by atoms with Crippen LogP contribution in [-0.4, -0.2) is 0 Å². The number of hydrogen-bond donors (Lipinski definition) is 0. The zero-order valence-corrected chi connectivity index (χ0v) is 15.4. The van der Waals surface area contributed by atoms with E-state index in [1.807, 2.05) is 47.7 Å². The van der Waals surface area contributed by atoms with Crippen LogP contribution < -0.4 is 5.43 Å². The van der Waals surface area contributed by atoms with Crippen LogP contribution in [0.15, 0.2) is 47.3 Å². The molecule has 1 saturated carbocycles. The van der Waals surface area contributed by atoms with Gasteiger partial charge in [-0.3, -0.25) is 4.79 Å². The Morgan fingerprint density at radius 3 is 2.65 bits per heavy atom. The van der Waals surface area contributed by atoms with Gasteiger partial charge in [0.2, 0.25) is 0 Å². The van der Waals surface area contributed by atoms with E-state index >= 15 is 0 Å². The first-order chi connectivity index (χ1) is 12.7. The average Bonchev–Trinajstić information content (AvgIpc) is 2.66. The molecule has 2 aromatic carbocycles. The van der Waals surface area contributed by atoms with Crippen molar-refractivity contribution in [2.24, 2.45) is 5.41 Å². The average molecular weight is 357 g/mol. The summed E-state index contributed by atoms with van der Waals surface area (Å²) in [7, 11) is 0. The van der Waals surface area contributed by atoms with E-state index in [4.69, 9.17) is 5.26 Å². The van der Waals surface area contributed by atoms with Crippen molar-refractivity contribution in [3.63, 3.8) is 0 Å². The summed E-state index contributed by atoms with van der Waals surface area (Å²) in [5.41, 5.74) is 4.55. The highest BCUT2D eigenvalue weighted by atomic mass is 32.1. The molecule has 0 amide bonds. The van der Waals surface area contributed by atoms with Crippen molar-refractivity contribution in [1.29, 1.82) is 5.26 Å². The van der Waals surface area contributed by atoms with Crippen LogP contribution in [0, 0.1) is 16.7 Å². The zero-order valence-electron chi connectivity index (χ0n) is 14.5. The molecule has 2 nitrogen and oxygen atoms in total. The molecular formula is C23H19NOS. The smallest absolute Gasteiger partial charge is 0.191 e. The SMILES string of the molecule is N#Cc1cccc(-c2ccc3c(=O)c4c(sc3c2)CC2(CCC2)CC4)c1. The largest absolute Gasteiger partial charge is 0.289 e. The van der Waals surface area contributed by atoms with Crippen molar-refractivity contribution >= 4 is 21.4 Å². The fourth-order valence-electron chi connectivity index (χ4n) is 4.54. The number of hydrogen-bond acceptors (Lipinski definition) is 3. The predicted molar refractivity (Wildman–Crippen MR) is 107 cm³/mol. The third-order valence-corrected chi connectivity index (χ3v) is 7.44. The molecule has 0 saturated heterocycles. The fraction of sp³-hybridized carbons (Fsp3) is 0.304. The van der Waals surface area contributed by atoms with Crippen LogP contribution >= 0.6 is 11.3 Å². The molecule has 1 aromatic heterocycles. The molecule has 5 rings (SSSR count). The van der Waals surface area contributed by atoms with E-state index < -0.39 is 0 Å². The molecule has 0 atom stereocenters. The number of fused-ring (bicyclic) bond motifs is 2. The van der Waals surface area contributed by atoms with Crippen LogP contribution in [-0.2, 0) is 12.8 Å². The van der Waals surface area contributed by atoms with Gasteiger partial charge in [-0.1, -0.05) is 24.6 Å². The molecule has 0 unspecified atom stereocenters. The van der Waals surface area contributed by atoms with Crippen LogP contribution in [0.1, 0.15) is 41.7 Å². The Kier molecular flexibility index (Phi) is 3.52. The summed E-state index contributed by atoms with van der Waals surface area (Å²) in [6, 6.07) is 16.0. The van der Waals surface area contributed by atoms with Crippen molar-refractivity contribution in [2.45, 2.75) is 38.5 Å². The van der Waals surface area contributed by atoms with Gasteiger partial charge in [-0.15, -0.1) is 11.3 Å². The Morgan fingerprint density at radius 1 is 1.04 bits per heavy atom. The van der Waals surface area contributed by atoms with Crippen molar-refractivity contribution in [1.82, 2.24) is 0 Å². The lowest BCUT2D eigenvalue weighted by atomic mass is 9.61. The first-order valence-electron chi connectivity index (χ1n) is 9.27. The summed E-state index contributed by atoms with van der Waals surface area (Å²) < 4.78 is 1.07. The van der Waals surface area contributed by atoms with Gasteiger partial charge in [-0.05, 0) is 72.9 Å². The molecule has 1 spiro atoms. The quantitative estimate of drug-likeness (QED) is 0.580. The maximum absolute atomic E-state index is 13.0. The molecular weight excluding hydrogens is 338 g/mol. The normalized spacial score (nSPS) is 17.5. The van der Waals surface area contributed by atoms with E-state index in [-0.39, 0.29) is 5.43 Å². The first kappa shape index (κ1) is 15.8. The Labute approximate surface area is 156 Å². The molecule has 2 aliphatic rings. The minimum Gasteiger partial charge on any atom is -0.289 e. The van der Waals surface area contributed by atoms with Gasteiger partial charge in [0, 0.05) is 20.5 Å². The molecule has 26 heavy (non-hydrogen) atoms. The van der Waals surface area contributed by atoms with Crippen molar-refractivity contribution in [3.8, 4) is 17.2 Å². The van der Waals surface area contributed by atoms with Gasteiger partial charge in [-0.2, -0.15) is 5.26 Å². The topological polar surface area (TPSA) is 40.9 Å². The van der Waals surface area contributed by atoms with Gasteiger partial charge >= 0.3 is 0 Å². The zero-order chi connectivity index (χ0) is 17.7. The fourth-order valence-corrected chi connectivity index (χ4v) is 5.96. The van der Waals surface area contributed by atoms with Gasteiger partial charge in [0.15, 0.2) is 5.43 Å². The third-order valence-electron chi connectivity index (χ3n) is 6.25. The van der Waals surface area contributed by atoms with Gasteiger partial charge in [0.25, 0.3) is 0 Å². The summed E-state index contributed by atoms with van der Waals surface area (Å²) in [4.78, 5) is 14.3. The molecule has 1 fully saturated rings. The van der Waals surface area contributed by atoms with E-state index in [1.165, 1.54) is 30.6 Å². The van der Waals surface area contributed by atoms with E-state index in [1.54, 1.807) is 0 Å². The van der Waals surface area contributed by atoms with Gasteiger partial charge in [0.05, 0.1) is 11.6 Å². The van der Waals surface area contributed by atoms with E-state index in [0.717, 1.165) is 39.6 Å². The molecule has 0 bridgehead atoms. The first-order valence-corrected chi connectivity index (χ1v) is 10.1. The van der Waals surface area contributed by atoms with E-state index in [0.29, 0.717) is 11.0 Å². The Morgan fingerprint density at radius 2 is 1.88 bits per heavy atom. The minimum atomic E-state index is 0.236. The molecule has 2 aliphatic carbocycles. The van der Waals surface area contributed by atoms with Crippen molar-refractivity contribution < 1.29 is 0 Å². The molecule has 0 aliphatic heterocycles. The maximum atomic E-state index is 13.0. The predicted octanol–water partition coefficient (Wildman–Crippen LogP) is 5.46.